The number of nitro groups is 1. The highest BCUT2D eigenvalue weighted by atomic mass is 35.5. The Kier molecular flexibility index (Phi) is 3.90. The minimum Gasteiger partial charge on any atom is -0.320 e. The van der Waals surface area contributed by atoms with Crippen LogP contribution < -0.4 is 5.32 Å². The summed E-state index contributed by atoms with van der Waals surface area (Å²) in [5, 5.41) is 13.4. The first-order valence-corrected chi connectivity index (χ1v) is 5.72. The molecule has 0 spiro atoms. The maximum atomic E-state index is 13.1. The van der Waals surface area contributed by atoms with Gasteiger partial charge in [-0.2, -0.15) is 0 Å². The van der Waals surface area contributed by atoms with Gasteiger partial charge in [0, 0.05) is 6.07 Å². The van der Waals surface area contributed by atoms with Crippen LogP contribution in [0, 0.1) is 15.9 Å². The lowest BCUT2D eigenvalue weighted by atomic mass is 10.1. The van der Waals surface area contributed by atoms with Crippen molar-refractivity contribution in [1.82, 2.24) is 4.98 Å². The van der Waals surface area contributed by atoms with E-state index < -0.39 is 22.3 Å². The number of aromatic nitrogens is 1. The number of hydrogen-bond donors (Lipinski definition) is 1. The molecule has 102 valence electrons. The molecule has 0 aliphatic carbocycles. The largest absolute Gasteiger partial charge is 0.320 e. The molecule has 0 saturated carbocycles. The Morgan fingerprint density at radius 1 is 1.35 bits per heavy atom. The van der Waals surface area contributed by atoms with Crippen LogP contribution in [0.5, 0.6) is 0 Å². The van der Waals surface area contributed by atoms with Gasteiger partial charge in [-0.15, -0.1) is 0 Å². The van der Waals surface area contributed by atoms with Crippen molar-refractivity contribution in [3.8, 4) is 0 Å². The van der Waals surface area contributed by atoms with Crippen LogP contribution in [0.4, 0.5) is 15.8 Å². The van der Waals surface area contributed by atoms with Crippen molar-refractivity contribution in [2.75, 3.05) is 5.32 Å². The zero-order valence-electron chi connectivity index (χ0n) is 9.84. The van der Waals surface area contributed by atoms with Crippen LogP contribution in [-0.2, 0) is 0 Å². The molecule has 0 aliphatic heterocycles. The monoisotopic (exact) mass is 295 g/mol. The van der Waals surface area contributed by atoms with E-state index in [0.717, 1.165) is 18.2 Å². The van der Waals surface area contributed by atoms with E-state index in [2.05, 4.69) is 10.3 Å². The molecule has 0 unspecified atom stereocenters. The summed E-state index contributed by atoms with van der Waals surface area (Å²) in [4.78, 5) is 25.7. The van der Waals surface area contributed by atoms with Crippen LogP contribution in [0.25, 0.3) is 0 Å². The fraction of sp³-hybridized carbons (Fsp3) is 0. The van der Waals surface area contributed by atoms with Crippen molar-refractivity contribution in [2.45, 2.75) is 0 Å². The molecule has 1 amide bonds. The van der Waals surface area contributed by atoms with Gasteiger partial charge in [0.2, 0.25) is 0 Å². The second kappa shape index (κ2) is 5.62. The standard InChI is InChI=1S/C12H7ClFN3O3/c13-11-4-2-8(6-15-11)16-12(18)9-5-7(14)1-3-10(9)17(19)20/h1-6H,(H,16,18). The van der Waals surface area contributed by atoms with Crippen molar-refractivity contribution in [3.63, 3.8) is 0 Å². The second-order valence-electron chi connectivity index (χ2n) is 3.74. The number of carbonyl (C=O) groups is 1. The highest BCUT2D eigenvalue weighted by Crippen LogP contribution is 2.21. The third kappa shape index (κ3) is 3.07. The number of nitro benzene ring substituents is 1. The number of amides is 1. The van der Waals surface area contributed by atoms with Crippen LogP contribution in [0.15, 0.2) is 36.5 Å². The summed E-state index contributed by atoms with van der Waals surface area (Å²) >= 11 is 5.59. The van der Waals surface area contributed by atoms with Crippen LogP contribution in [-0.4, -0.2) is 15.8 Å². The summed E-state index contributed by atoms with van der Waals surface area (Å²) in [6.45, 7) is 0. The predicted molar refractivity (Wildman–Crippen MR) is 70.3 cm³/mol. The van der Waals surface area contributed by atoms with Gasteiger partial charge in [-0.3, -0.25) is 14.9 Å². The van der Waals surface area contributed by atoms with E-state index in [4.69, 9.17) is 11.6 Å². The predicted octanol–water partition coefficient (Wildman–Crippen LogP) is 3.03. The fourth-order valence-corrected chi connectivity index (χ4v) is 1.61. The number of benzene rings is 1. The van der Waals surface area contributed by atoms with Crippen LogP contribution in [0.2, 0.25) is 5.15 Å². The van der Waals surface area contributed by atoms with Gasteiger partial charge < -0.3 is 5.32 Å². The maximum absolute atomic E-state index is 13.1. The van der Waals surface area contributed by atoms with Crippen LogP contribution in [0.3, 0.4) is 0 Å². The molecule has 20 heavy (non-hydrogen) atoms. The lowest BCUT2D eigenvalue weighted by Crippen LogP contribution is -2.14. The van der Waals surface area contributed by atoms with Gasteiger partial charge in [-0.05, 0) is 24.3 Å². The van der Waals surface area contributed by atoms with Crippen molar-refractivity contribution >= 4 is 28.9 Å². The average molecular weight is 296 g/mol. The summed E-state index contributed by atoms with van der Waals surface area (Å²) in [7, 11) is 0. The Hall–Kier alpha value is -2.54. The smallest absolute Gasteiger partial charge is 0.282 e. The summed E-state index contributed by atoms with van der Waals surface area (Å²) in [5.41, 5.74) is -0.561. The van der Waals surface area contributed by atoms with Crippen molar-refractivity contribution in [2.24, 2.45) is 0 Å². The van der Waals surface area contributed by atoms with Gasteiger partial charge in [0.25, 0.3) is 11.6 Å². The molecule has 8 heteroatoms. The van der Waals surface area contributed by atoms with Gasteiger partial charge in [0.15, 0.2) is 0 Å². The van der Waals surface area contributed by atoms with E-state index >= 15 is 0 Å². The third-order valence-electron chi connectivity index (χ3n) is 2.39. The Morgan fingerprint density at radius 3 is 2.70 bits per heavy atom. The fourth-order valence-electron chi connectivity index (χ4n) is 1.50. The van der Waals surface area contributed by atoms with E-state index in [1.807, 2.05) is 0 Å². The van der Waals surface area contributed by atoms with E-state index in [1.54, 1.807) is 0 Å². The number of anilines is 1. The molecular formula is C12H7ClFN3O3. The zero-order chi connectivity index (χ0) is 14.7. The number of pyridine rings is 1. The average Bonchev–Trinajstić information content (AvgIpc) is 2.41. The molecule has 1 aromatic heterocycles. The summed E-state index contributed by atoms with van der Waals surface area (Å²) in [5.74, 6) is -1.55. The molecule has 0 saturated heterocycles. The molecule has 6 nitrogen and oxygen atoms in total. The third-order valence-corrected chi connectivity index (χ3v) is 2.61. The first-order valence-electron chi connectivity index (χ1n) is 5.34. The quantitative estimate of drug-likeness (QED) is 0.536. The Morgan fingerprint density at radius 2 is 2.10 bits per heavy atom. The van der Waals surface area contributed by atoms with Gasteiger partial charge >= 0.3 is 0 Å². The van der Waals surface area contributed by atoms with Crippen molar-refractivity contribution < 1.29 is 14.1 Å². The zero-order valence-corrected chi connectivity index (χ0v) is 10.6. The van der Waals surface area contributed by atoms with E-state index in [0.29, 0.717) is 0 Å². The van der Waals surface area contributed by atoms with E-state index in [1.165, 1.54) is 18.3 Å². The molecular weight excluding hydrogens is 289 g/mol. The number of hydrogen-bond acceptors (Lipinski definition) is 4. The van der Waals surface area contributed by atoms with Crippen molar-refractivity contribution in [1.29, 1.82) is 0 Å². The highest BCUT2D eigenvalue weighted by molar-refractivity contribution is 6.29. The van der Waals surface area contributed by atoms with Crippen LogP contribution >= 0.6 is 11.6 Å². The van der Waals surface area contributed by atoms with Crippen molar-refractivity contribution in [3.05, 3.63) is 63.2 Å². The minimum absolute atomic E-state index is 0.236. The maximum Gasteiger partial charge on any atom is 0.282 e. The SMILES string of the molecule is O=C(Nc1ccc(Cl)nc1)c1cc(F)ccc1[N+](=O)[O-]. The summed E-state index contributed by atoms with van der Waals surface area (Å²) in [6, 6.07) is 5.56. The first kappa shape index (κ1) is 13.9. The highest BCUT2D eigenvalue weighted by Gasteiger charge is 2.21. The van der Waals surface area contributed by atoms with E-state index in [9.17, 15) is 19.3 Å². The molecule has 1 aromatic carbocycles. The number of nitrogens with zero attached hydrogens (tertiary/aromatic N) is 2. The summed E-state index contributed by atoms with van der Waals surface area (Å²) < 4.78 is 13.1. The number of halogens is 2. The number of carbonyl (C=O) groups excluding carboxylic acids is 1. The molecule has 2 aromatic rings. The Bertz CT molecular complexity index is 676. The molecule has 0 fully saturated rings. The van der Waals surface area contributed by atoms with Gasteiger partial charge in [-0.25, -0.2) is 9.37 Å². The molecule has 2 rings (SSSR count). The lowest BCUT2D eigenvalue weighted by molar-refractivity contribution is -0.385. The van der Waals surface area contributed by atoms with Gasteiger partial charge in [-0.1, -0.05) is 11.6 Å². The number of rotatable bonds is 3. The Labute approximate surface area is 117 Å². The first-order chi connectivity index (χ1) is 9.47. The molecule has 1 heterocycles. The van der Waals surface area contributed by atoms with Gasteiger partial charge in [0.1, 0.15) is 16.5 Å². The second-order valence-corrected chi connectivity index (χ2v) is 4.13. The summed E-state index contributed by atoms with van der Waals surface area (Å²) in [6.07, 6.45) is 1.28. The topological polar surface area (TPSA) is 85.1 Å². The molecule has 0 atom stereocenters. The van der Waals surface area contributed by atoms with E-state index in [-0.39, 0.29) is 16.4 Å². The lowest BCUT2D eigenvalue weighted by Gasteiger charge is -2.05. The molecule has 0 bridgehead atoms. The molecule has 0 aliphatic rings. The van der Waals surface area contributed by atoms with Crippen LogP contribution in [0.1, 0.15) is 10.4 Å². The minimum atomic E-state index is -0.805. The Balaban J connectivity index is 2.31. The molecule has 0 radical (unpaired) electrons. The number of nitrogens with one attached hydrogen (secondary N) is 1. The normalized spacial score (nSPS) is 10.1. The molecule has 1 N–H and O–H groups in total. The van der Waals surface area contributed by atoms with Gasteiger partial charge in [0.05, 0.1) is 16.8 Å².